The van der Waals surface area contributed by atoms with Crippen molar-refractivity contribution < 1.29 is 9.90 Å². The summed E-state index contributed by atoms with van der Waals surface area (Å²) in [5.41, 5.74) is 1.28. The molecule has 1 saturated heterocycles. The Morgan fingerprint density at radius 3 is 2.90 bits per heavy atom. The fourth-order valence-electron chi connectivity index (χ4n) is 2.92. The van der Waals surface area contributed by atoms with Gasteiger partial charge >= 0.3 is 0 Å². The van der Waals surface area contributed by atoms with Crippen molar-refractivity contribution in [2.45, 2.75) is 45.6 Å². The van der Waals surface area contributed by atoms with Gasteiger partial charge in [0.1, 0.15) is 5.75 Å². The lowest BCUT2D eigenvalue weighted by atomic mass is 10.0. The van der Waals surface area contributed by atoms with Crippen LogP contribution >= 0.6 is 0 Å². The van der Waals surface area contributed by atoms with Crippen molar-refractivity contribution in [2.75, 3.05) is 19.6 Å². The molecule has 116 valence electrons. The van der Waals surface area contributed by atoms with Crippen molar-refractivity contribution in [2.24, 2.45) is 0 Å². The van der Waals surface area contributed by atoms with Gasteiger partial charge in [0.2, 0.25) is 0 Å². The molecule has 4 nitrogen and oxygen atoms in total. The van der Waals surface area contributed by atoms with Crippen molar-refractivity contribution in [3.8, 4) is 5.75 Å². The normalized spacial score (nSPS) is 18.5. The van der Waals surface area contributed by atoms with E-state index in [0.29, 0.717) is 17.2 Å². The number of amides is 1. The van der Waals surface area contributed by atoms with Gasteiger partial charge in [-0.2, -0.15) is 0 Å². The number of aromatic hydroxyl groups is 1. The predicted molar refractivity (Wildman–Crippen MR) is 84.7 cm³/mol. The SMILES string of the molecule is CCCN(CC1CCCCN1)C(=O)c1cccc(O)c1C. The number of benzene rings is 1. The molecular formula is C17H26N2O2. The average molecular weight is 290 g/mol. The smallest absolute Gasteiger partial charge is 0.254 e. The maximum absolute atomic E-state index is 12.8. The van der Waals surface area contributed by atoms with Crippen molar-refractivity contribution in [1.29, 1.82) is 0 Å². The highest BCUT2D eigenvalue weighted by Crippen LogP contribution is 2.21. The molecule has 1 aromatic rings. The van der Waals surface area contributed by atoms with Gasteiger partial charge in [-0.3, -0.25) is 4.79 Å². The van der Waals surface area contributed by atoms with Crippen molar-refractivity contribution in [1.82, 2.24) is 10.2 Å². The Labute approximate surface area is 127 Å². The van der Waals surface area contributed by atoms with E-state index < -0.39 is 0 Å². The van der Waals surface area contributed by atoms with Gasteiger partial charge in [0.25, 0.3) is 5.91 Å². The second-order valence-corrected chi connectivity index (χ2v) is 5.85. The first-order valence-corrected chi connectivity index (χ1v) is 7.94. The highest BCUT2D eigenvalue weighted by Gasteiger charge is 2.22. The first-order chi connectivity index (χ1) is 10.1. The molecule has 4 heteroatoms. The Morgan fingerprint density at radius 1 is 1.43 bits per heavy atom. The van der Waals surface area contributed by atoms with Crippen LogP contribution in [0.3, 0.4) is 0 Å². The van der Waals surface area contributed by atoms with Crippen LogP contribution in [0.15, 0.2) is 18.2 Å². The summed E-state index contributed by atoms with van der Waals surface area (Å²) in [6, 6.07) is 5.55. The molecule has 0 bridgehead atoms. The van der Waals surface area contributed by atoms with E-state index in [2.05, 4.69) is 12.2 Å². The van der Waals surface area contributed by atoms with Crippen molar-refractivity contribution in [3.05, 3.63) is 29.3 Å². The summed E-state index contributed by atoms with van der Waals surface area (Å²) in [5.74, 6) is 0.214. The average Bonchev–Trinajstić information content (AvgIpc) is 2.50. The lowest BCUT2D eigenvalue weighted by Gasteiger charge is -2.31. The molecule has 21 heavy (non-hydrogen) atoms. The fourth-order valence-corrected chi connectivity index (χ4v) is 2.92. The number of nitrogens with one attached hydrogen (secondary N) is 1. The van der Waals surface area contributed by atoms with Gasteiger partial charge in [-0.15, -0.1) is 0 Å². The van der Waals surface area contributed by atoms with Gasteiger partial charge < -0.3 is 15.3 Å². The van der Waals surface area contributed by atoms with E-state index in [9.17, 15) is 9.90 Å². The van der Waals surface area contributed by atoms with Crippen molar-refractivity contribution in [3.63, 3.8) is 0 Å². The highest BCUT2D eigenvalue weighted by molar-refractivity contribution is 5.96. The minimum absolute atomic E-state index is 0.0256. The van der Waals surface area contributed by atoms with E-state index in [4.69, 9.17) is 0 Å². The third kappa shape index (κ3) is 3.97. The van der Waals surface area contributed by atoms with Crippen LogP contribution in [-0.2, 0) is 0 Å². The Balaban J connectivity index is 2.12. The first-order valence-electron chi connectivity index (χ1n) is 7.94. The van der Waals surface area contributed by atoms with E-state index >= 15 is 0 Å². The Kier molecular flexibility index (Phi) is 5.62. The van der Waals surface area contributed by atoms with Crippen LogP contribution in [0.25, 0.3) is 0 Å². The molecule has 2 rings (SSSR count). The summed E-state index contributed by atoms with van der Waals surface area (Å²) >= 11 is 0. The van der Waals surface area contributed by atoms with Crippen LogP contribution < -0.4 is 5.32 Å². The van der Waals surface area contributed by atoms with Gasteiger partial charge in [0, 0.05) is 30.3 Å². The van der Waals surface area contributed by atoms with Crippen LogP contribution in [0, 0.1) is 6.92 Å². The molecule has 2 N–H and O–H groups in total. The van der Waals surface area contributed by atoms with E-state index in [1.165, 1.54) is 12.8 Å². The number of hydrogen-bond acceptors (Lipinski definition) is 3. The summed E-state index contributed by atoms with van der Waals surface area (Å²) in [4.78, 5) is 14.7. The number of hydrogen-bond donors (Lipinski definition) is 2. The van der Waals surface area contributed by atoms with E-state index in [-0.39, 0.29) is 11.7 Å². The number of phenols is 1. The lowest BCUT2D eigenvalue weighted by molar-refractivity contribution is 0.0730. The number of piperidine rings is 1. The molecule has 0 radical (unpaired) electrons. The predicted octanol–water partition coefficient (Wildman–Crippen LogP) is 2.69. The third-order valence-electron chi connectivity index (χ3n) is 4.17. The maximum Gasteiger partial charge on any atom is 0.254 e. The van der Waals surface area contributed by atoms with E-state index in [0.717, 1.165) is 32.5 Å². The number of rotatable bonds is 5. The molecule has 1 aromatic carbocycles. The van der Waals surface area contributed by atoms with E-state index in [1.807, 2.05) is 4.90 Å². The molecule has 1 aliphatic rings. The third-order valence-corrected chi connectivity index (χ3v) is 4.17. The summed E-state index contributed by atoms with van der Waals surface area (Å²) in [6.45, 7) is 6.44. The van der Waals surface area contributed by atoms with Crippen molar-refractivity contribution >= 4 is 5.91 Å². The minimum atomic E-state index is 0.0256. The molecular weight excluding hydrogens is 264 g/mol. The molecule has 1 heterocycles. The summed E-state index contributed by atoms with van der Waals surface area (Å²) in [6.07, 6.45) is 4.53. The molecule has 0 aromatic heterocycles. The number of carbonyl (C=O) groups excluding carboxylic acids is 1. The van der Waals surface area contributed by atoms with Crippen LogP contribution in [0.5, 0.6) is 5.75 Å². The molecule has 1 amide bonds. The zero-order valence-electron chi connectivity index (χ0n) is 13.1. The highest BCUT2D eigenvalue weighted by atomic mass is 16.3. The number of phenolic OH excluding ortho intramolecular Hbond substituents is 1. The van der Waals surface area contributed by atoms with Crippen LogP contribution in [0.2, 0.25) is 0 Å². The second-order valence-electron chi connectivity index (χ2n) is 5.85. The number of nitrogens with zero attached hydrogens (tertiary/aromatic N) is 1. The number of carbonyl (C=O) groups is 1. The summed E-state index contributed by atoms with van der Waals surface area (Å²) in [7, 11) is 0. The van der Waals surface area contributed by atoms with Gasteiger partial charge in [-0.1, -0.05) is 19.4 Å². The van der Waals surface area contributed by atoms with Crippen LogP contribution in [0.1, 0.15) is 48.5 Å². The summed E-state index contributed by atoms with van der Waals surface area (Å²) in [5, 5.41) is 13.3. The van der Waals surface area contributed by atoms with Crippen LogP contribution in [0.4, 0.5) is 0 Å². The summed E-state index contributed by atoms with van der Waals surface area (Å²) < 4.78 is 0. The topological polar surface area (TPSA) is 52.6 Å². The van der Waals surface area contributed by atoms with E-state index in [1.54, 1.807) is 25.1 Å². The lowest BCUT2D eigenvalue weighted by Crippen LogP contribution is -2.46. The zero-order valence-corrected chi connectivity index (χ0v) is 13.1. The molecule has 1 atom stereocenters. The van der Waals surface area contributed by atoms with Gasteiger partial charge in [-0.05, 0) is 44.9 Å². The minimum Gasteiger partial charge on any atom is -0.508 e. The maximum atomic E-state index is 12.8. The molecule has 0 aliphatic carbocycles. The Hall–Kier alpha value is -1.55. The Morgan fingerprint density at radius 2 is 2.24 bits per heavy atom. The second kappa shape index (κ2) is 7.46. The zero-order chi connectivity index (χ0) is 15.2. The molecule has 0 saturated carbocycles. The molecule has 0 spiro atoms. The van der Waals surface area contributed by atoms with Gasteiger partial charge in [0.05, 0.1) is 0 Å². The standard InChI is InChI=1S/C17H26N2O2/c1-3-11-19(12-14-7-4-5-10-18-14)17(21)15-8-6-9-16(20)13(15)2/h6,8-9,14,18,20H,3-5,7,10-12H2,1-2H3. The fraction of sp³-hybridized carbons (Fsp3) is 0.588. The largest absolute Gasteiger partial charge is 0.508 e. The van der Waals surface area contributed by atoms with Gasteiger partial charge in [0.15, 0.2) is 0 Å². The van der Waals surface area contributed by atoms with Gasteiger partial charge in [-0.25, -0.2) is 0 Å². The molecule has 1 fully saturated rings. The van der Waals surface area contributed by atoms with Crippen LogP contribution in [-0.4, -0.2) is 41.6 Å². The molecule has 1 unspecified atom stereocenters. The molecule has 1 aliphatic heterocycles. The quantitative estimate of drug-likeness (QED) is 0.876. The monoisotopic (exact) mass is 290 g/mol. The first kappa shape index (κ1) is 15.8. The Bertz CT molecular complexity index is 482.